The van der Waals surface area contributed by atoms with Crippen LogP contribution in [0.25, 0.3) is 11.1 Å². The summed E-state index contributed by atoms with van der Waals surface area (Å²) >= 11 is 6.16. The molecule has 6 heteroatoms. The molecule has 1 saturated heterocycles. The van der Waals surface area contributed by atoms with Gasteiger partial charge in [-0.2, -0.15) is 0 Å². The van der Waals surface area contributed by atoms with E-state index in [4.69, 9.17) is 16.3 Å². The van der Waals surface area contributed by atoms with Crippen molar-refractivity contribution in [2.75, 3.05) is 45.2 Å². The molecule has 1 heterocycles. The quantitative estimate of drug-likeness (QED) is 0.617. The van der Waals surface area contributed by atoms with Crippen LogP contribution in [-0.2, 0) is 4.79 Å². The second kappa shape index (κ2) is 8.94. The molecule has 1 aliphatic heterocycles. The fourth-order valence-electron chi connectivity index (χ4n) is 4.85. The number of carbonyl (C=O) groups excluding carboxylic acids is 1. The normalized spacial score (nSPS) is 16.4. The minimum Gasteiger partial charge on any atom is -0.495 e. The largest absolute Gasteiger partial charge is 0.495 e. The van der Waals surface area contributed by atoms with Gasteiger partial charge in [0.25, 0.3) is 0 Å². The first-order valence-corrected chi connectivity index (χ1v) is 11.3. The molecule has 0 unspecified atom stereocenters. The van der Waals surface area contributed by atoms with Crippen molar-refractivity contribution in [1.82, 2.24) is 9.80 Å². The van der Waals surface area contributed by atoms with Crippen molar-refractivity contribution in [2.24, 2.45) is 0 Å². The molecule has 0 saturated carbocycles. The maximum atomic E-state index is 12.6. The minimum absolute atomic E-state index is 0.0313. The van der Waals surface area contributed by atoms with Gasteiger partial charge in [0.05, 0.1) is 24.7 Å². The van der Waals surface area contributed by atoms with Crippen molar-refractivity contribution < 1.29 is 9.53 Å². The van der Waals surface area contributed by atoms with Crippen molar-refractivity contribution in [2.45, 2.75) is 6.04 Å². The number of nitrogens with one attached hydrogen (secondary N) is 1. The molecular weight excluding hydrogens is 422 g/mol. The van der Waals surface area contributed by atoms with Crippen molar-refractivity contribution in [3.63, 3.8) is 0 Å². The molecule has 5 nitrogen and oxygen atoms in total. The molecule has 1 amide bonds. The molecule has 32 heavy (non-hydrogen) atoms. The lowest BCUT2D eigenvalue weighted by Crippen LogP contribution is -2.49. The standard InChI is InChI=1S/C26H26ClN3O2/c1-32-24-11-10-18(16-23(24)27)28-25(31)17-29-12-14-30(15-13-29)26-21-8-4-2-6-19(21)20-7-3-5-9-22(20)26/h2-11,16,26H,12-15,17H2,1H3,(H,28,31). The first-order valence-electron chi connectivity index (χ1n) is 10.9. The lowest BCUT2D eigenvalue weighted by atomic mass is 10.0. The van der Waals surface area contributed by atoms with Gasteiger partial charge in [0, 0.05) is 31.9 Å². The Morgan fingerprint density at radius 3 is 2.19 bits per heavy atom. The van der Waals surface area contributed by atoms with E-state index in [0.717, 1.165) is 26.2 Å². The van der Waals surface area contributed by atoms with Gasteiger partial charge >= 0.3 is 0 Å². The van der Waals surface area contributed by atoms with Crippen LogP contribution in [-0.4, -0.2) is 55.5 Å². The Labute approximate surface area is 193 Å². The van der Waals surface area contributed by atoms with E-state index in [1.165, 1.54) is 22.3 Å². The summed E-state index contributed by atoms with van der Waals surface area (Å²) in [5.41, 5.74) is 6.13. The number of hydrogen-bond donors (Lipinski definition) is 1. The Morgan fingerprint density at radius 2 is 1.59 bits per heavy atom. The lowest BCUT2D eigenvalue weighted by Gasteiger charge is -2.38. The van der Waals surface area contributed by atoms with Crippen LogP contribution in [0, 0.1) is 0 Å². The molecule has 3 aromatic rings. The second-order valence-electron chi connectivity index (χ2n) is 8.29. The molecule has 5 rings (SSSR count). The first-order chi connectivity index (χ1) is 15.6. The lowest BCUT2D eigenvalue weighted by molar-refractivity contribution is -0.117. The predicted molar refractivity (Wildman–Crippen MR) is 128 cm³/mol. The molecule has 164 valence electrons. The third-order valence-corrected chi connectivity index (χ3v) is 6.67. The number of fused-ring (bicyclic) bond motifs is 3. The third-order valence-electron chi connectivity index (χ3n) is 6.38. The van der Waals surface area contributed by atoms with Crippen molar-refractivity contribution in [1.29, 1.82) is 0 Å². The number of halogens is 1. The zero-order chi connectivity index (χ0) is 22.1. The number of carbonyl (C=O) groups is 1. The summed E-state index contributed by atoms with van der Waals surface area (Å²) in [6.45, 7) is 3.94. The fraction of sp³-hybridized carbons (Fsp3) is 0.269. The van der Waals surface area contributed by atoms with E-state index in [-0.39, 0.29) is 5.91 Å². The van der Waals surface area contributed by atoms with Crippen LogP contribution in [0.3, 0.4) is 0 Å². The third kappa shape index (κ3) is 3.99. The van der Waals surface area contributed by atoms with Crippen LogP contribution in [0.15, 0.2) is 66.7 Å². The summed E-state index contributed by atoms with van der Waals surface area (Å²) in [4.78, 5) is 17.3. The number of methoxy groups -OCH3 is 1. The Balaban J connectivity index is 1.21. The van der Waals surface area contributed by atoms with Crippen molar-refractivity contribution in [3.05, 3.63) is 82.9 Å². The van der Waals surface area contributed by atoms with E-state index < -0.39 is 0 Å². The fourth-order valence-corrected chi connectivity index (χ4v) is 5.11. The number of anilines is 1. The number of ether oxygens (including phenoxy) is 1. The van der Waals surface area contributed by atoms with Gasteiger partial charge in [-0.3, -0.25) is 14.6 Å². The molecule has 2 aliphatic rings. The summed E-state index contributed by atoms with van der Waals surface area (Å²) in [6, 6.07) is 23.0. The maximum absolute atomic E-state index is 12.6. The average molecular weight is 448 g/mol. The molecule has 0 bridgehead atoms. The number of hydrogen-bond acceptors (Lipinski definition) is 4. The highest BCUT2D eigenvalue weighted by molar-refractivity contribution is 6.32. The molecule has 0 radical (unpaired) electrons. The molecule has 1 aliphatic carbocycles. The number of piperazine rings is 1. The highest BCUT2D eigenvalue weighted by Crippen LogP contribution is 2.46. The number of benzene rings is 3. The van der Waals surface area contributed by atoms with Crippen molar-refractivity contribution >= 4 is 23.2 Å². The Morgan fingerprint density at radius 1 is 0.969 bits per heavy atom. The van der Waals surface area contributed by atoms with E-state index >= 15 is 0 Å². The van der Waals surface area contributed by atoms with Crippen LogP contribution in [0.5, 0.6) is 5.75 Å². The summed E-state index contributed by atoms with van der Waals surface area (Å²) in [5.74, 6) is 0.562. The highest BCUT2D eigenvalue weighted by atomic mass is 35.5. The van der Waals surface area contributed by atoms with Gasteiger partial charge in [-0.25, -0.2) is 0 Å². The van der Waals surface area contributed by atoms with E-state index in [9.17, 15) is 4.79 Å². The topological polar surface area (TPSA) is 44.8 Å². The van der Waals surface area contributed by atoms with Gasteiger partial charge in [-0.05, 0) is 40.5 Å². The molecular formula is C26H26ClN3O2. The zero-order valence-electron chi connectivity index (χ0n) is 18.1. The van der Waals surface area contributed by atoms with E-state index in [1.807, 2.05) is 0 Å². The number of amides is 1. The maximum Gasteiger partial charge on any atom is 0.238 e. The van der Waals surface area contributed by atoms with Crippen molar-refractivity contribution in [3.8, 4) is 16.9 Å². The van der Waals surface area contributed by atoms with Gasteiger partial charge in [0.1, 0.15) is 5.75 Å². The first kappa shape index (κ1) is 21.0. The smallest absolute Gasteiger partial charge is 0.238 e. The monoisotopic (exact) mass is 447 g/mol. The van der Waals surface area contributed by atoms with Crippen LogP contribution < -0.4 is 10.1 Å². The summed E-state index contributed by atoms with van der Waals surface area (Å²) in [7, 11) is 1.57. The second-order valence-corrected chi connectivity index (χ2v) is 8.69. The van der Waals surface area contributed by atoms with E-state index in [2.05, 4.69) is 63.6 Å². The van der Waals surface area contributed by atoms with E-state index in [0.29, 0.717) is 29.0 Å². The molecule has 1 fully saturated rings. The number of rotatable bonds is 5. The zero-order valence-corrected chi connectivity index (χ0v) is 18.8. The number of nitrogens with zero attached hydrogens (tertiary/aromatic N) is 2. The predicted octanol–water partition coefficient (Wildman–Crippen LogP) is 4.67. The average Bonchev–Trinajstić information content (AvgIpc) is 3.14. The highest BCUT2D eigenvalue weighted by Gasteiger charge is 2.34. The van der Waals surface area contributed by atoms with E-state index in [1.54, 1.807) is 25.3 Å². The molecule has 3 aromatic carbocycles. The van der Waals surface area contributed by atoms with Gasteiger partial charge in [0.15, 0.2) is 0 Å². The molecule has 0 spiro atoms. The summed E-state index contributed by atoms with van der Waals surface area (Å²) < 4.78 is 5.17. The summed E-state index contributed by atoms with van der Waals surface area (Å²) in [6.07, 6.45) is 0. The minimum atomic E-state index is -0.0313. The van der Waals surface area contributed by atoms with Crippen LogP contribution in [0.1, 0.15) is 17.2 Å². The molecule has 0 aromatic heterocycles. The Kier molecular flexibility index (Phi) is 5.87. The molecule has 0 atom stereocenters. The Bertz CT molecular complexity index is 1100. The SMILES string of the molecule is COc1ccc(NC(=O)CN2CCN(C3c4ccccc4-c4ccccc43)CC2)cc1Cl. The van der Waals surface area contributed by atoms with Gasteiger partial charge in [-0.1, -0.05) is 60.1 Å². The van der Waals surface area contributed by atoms with Crippen LogP contribution in [0.2, 0.25) is 5.02 Å². The van der Waals surface area contributed by atoms with Gasteiger partial charge < -0.3 is 10.1 Å². The van der Waals surface area contributed by atoms with Gasteiger partial charge in [-0.15, -0.1) is 0 Å². The van der Waals surface area contributed by atoms with Crippen LogP contribution >= 0.6 is 11.6 Å². The van der Waals surface area contributed by atoms with Gasteiger partial charge in [0.2, 0.25) is 5.91 Å². The molecule has 1 N–H and O–H groups in total. The Hall–Kier alpha value is -2.86. The van der Waals surface area contributed by atoms with Crippen LogP contribution in [0.4, 0.5) is 5.69 Å². The summed E-state index contributed by atoms with van der Waals surface area (Å²) in [5, 5.41) is 3.42.